The van der Waals surface area contributed by atoms with Crippen molar-refractivity contribution in [1.29, 1.82) is 0 Å². The molecule has 4 rings (SSSR count). The first-order valence-electron chi connectivity index (χ1n) is 8.78. The number of benzene rings is 1. The van der Waals surface area contributed by atoms with E-state index in [0.717, 1.165) is 30.5 Å². The van der Waals surface area contributed by atoms with Crippen molar-refractivity contribution in [1.82, 2.24) is 14.0 Å². The molecule has 1 amide bonds. The highest BCUT2D eigenvalue weighted by Crippen LogP contribution is 2.18. The van der Waals surface area contributed by atoms with Gasteiger partial charge in [0.2, 0.25) is 5.91 Å². The zero-order chi connectivity index (χ0) is 19.0. The van der Waals surface area contributed by atoms with Crippen LogP contribution in [0.3, 0.4) is 0 Å². The Kier molecular flexibility index (Phi) is 4.88. The third-order valence-electron chi connectivity index (χ3n) is 4.87. The first-order valence-corrected chi connectivity index (χ1v) is 10.0. The summed E-state index contributed by atoms with van der Waals surface area (Å²) >= 11 is 7.48. The molecule has 1 saturated heterocycles. The molecule has 8 heteroatoms. The minimum absolute atomic E-state index is 0.0606. The third kappa shape index (κ3) is 3.33. The zero-order valence-corrected chi connectivity index (χ0v) is 16.1. The molecule has 1 aliphatic heterocycles. The second-order valence-corrected chi connectivity index (χ2v) is 7.90. The predicted octanol–water partition coefficient (Wildman–Crippen LogP) is 2.55. The molecule has 1 aromatic carbocycles. The van der Waals surface area contributed by atoms with Crippen LogP contribution >= 0.6 is 22.9 Å². The van der Waals surface area contributed by atoms with E-state index in [-0.39, 0.29) is 24.6 Å². The molecule has 0 bridgehead atoms. The lowest BCUT2D eigenvalue weighted by Gasteiger charge is -2.17. The van der Waals surface area contributed by atoms with Gasteiger partial charge in [0.25, 0.3) is 5.56 Å². The quantitative estimate of drug-likeness (QED) is 0.672. The number of hydrogen-bond acceptors (Lipinski definition) is 4. The van der Waals surface area contributed by atoms with Gasteiger partial charge in [0.05, 0.1) is 12.1 Å². The van der Waals surface area contributed by atoms with Gasteiger partial charge in [-0.25, -0.2) is 4.79 Å². The van der Waals surface area contributed by atoms with Crippen LogP contribution in [0.2, 0.25) is 5.02 Å². The van der Waals surface area contributed by atoms with Crippen LogP contribution in [0.1, 0.15) is 18.4 Å². The molecule has 0 atom stereocenters. The molecule has 0 spiro atoms. The van der Waals surface area contributed by atoms with Gasteiger partial charge in [0.15, 0.2) is 0 Å². The maximum atomic E-state index is 13.1. The lowest BCUT2D eigenvalue weighted by atomic mass is 10.2. The van der Waals surface area contributed by atoms with Gasteiger partial charge in [-0.15, -0.1) is 11.3 Å². The first-order chi connectivity index (χ1) is 13.1. The van der Waals surface area contributed by atoms with Crippen molar-refractivity contribution in [3.05, 3.63) is 67.1 Å². The van der Waals surface area contributed by atoms with E-state index in [1.165, 1.54) is 15.9 Å². The van der Waals surface area contributed by atoms with Crippen LogP contribution in [-0.4, -0.2) is 33.0 Å². The lowest BCUT2D eigenvalue weighted by molar-refractivity contribution is -0.130. The number of fused-ring (bicyclic) bond motifs is 1. The Balaban J connectivity index is 1.80. The van der Waals surface area contributed by atoms with E-state index in [9.17, 15) is 14.4 Å². The van der Waals surface area contributed by atoms with Crippen molar-refractivity contribution in [2.45, 2.75) is 25.9 Å². The van der Waals surface area contributed by atoms with Crippen LogP contribution in [0.5, 0.6) is 0 Å². The minimum atomic E-state index is -0.488. The van der Waals surface area contributed by atoms with Crippen LogP contribution in [0.25, 0.3) is 10.2 Å². The molecule has 0 saturated carbocycles. The summed E-state index contributed by atoms with van der Waals surface area (Å²) in [5, 5.41) is 2.26. The van der Waals surface area contributed by atoms with Gasteiger partial charge in [0, 0.05) is 18.1 Å². The second kappa shape index (κ2) is 7.32. The molecule has 3 aromatic rings. The highest BCUT2D eigenvalue weighted by molar-refractivity contribution is 7.17. The lowest BCUT2D eigenvalue weighted by Crippen LogP contribution is -2.43. The highest BCUT2D eigenvalue weighted by Gasteiger charge is 2.22. The van der Waals surface area contributed by atoms with Gasteiger partial charge < -0.3 is 4.90 Å². The van der Waals surface area contributed by atoms with E-state index in [1.54, 1.807) is 34.5 Å². The molecular formula is C19H18ClN3O3S. The summed E-state index contributed by atoms with van der Waals surface area (Å²) in [6.07, 6.45) is 1.97. The topological polar surface area (TPSA) is 64.3 Å². The van der Waals surface area contributed by atoms with Gasteiger partial charge in [-0.3, -0.25) is 18.7 Å². The Morgan fingerprint density at radius 2 is 1.81 bits per heavy atom. The molecule has 0 unspecified atom stereocenters. The van der Waals surface area contributed by atoms with Gasteiger partial charge >= 0.3 is 5.69 Å². The van der Waals surface area contributed by atoms with Crippen molar-refractivity contribution in [3.63, 3.8) is 0 Å². The van der Waals surface area contributed by atoms with E-state index in [2.05, 4.69) is 0 Å². The van der Waals surface area contributed by atoms with Gasteiger partial charge in [-0.05, 0) is 35.9 Å². The molecule has 0 aliphatic carbocycles. The molecule has 2 aromatic heterocycles. The fourth-order valence-corrected chi connectivity index (χ4v) is 4.46. The molecule has 3 heterocycles. The maximum Gasteiger partial charge on any atom is 0.332 e. The van der Waals surface area contributed by atoms with Crippen molar-refractivity contribution < 1.29 is 4.79 Å². The van der Waals surface area contributed by atoms with E-state index >= 15 is 0 Å². The molecule has 1 fully saturated rings. The van der Waals surface area contributed by atoms with E-state index in [1.807, 2.05) is 6.07 Å². The Labute approximate surface area is 164 Å². The molecular weight excluding hydrogens is 386 g/mol. The summed E-state index contributed by atoms with van der Waals surface area (Å²) in [7, 11) is 0. The average Bonchev–Trinajstić information content (AvgIpc) is 3.35. The molecule has 27 heavy (non-hydrogen) atoms. The van der Waals surface area contributed by atoms with Crippen LogP contribution in [0, 0.1) is 0 Å². The van der Waals surface area contributed by atoms with Gasteiger partial charge in [-0.1, -0.05) is 29.8 Å². The summed E-state index contributed by atoms with van der Waals surface area (Å²) in [5.41, 5.74) is 0.359. The van der Waals surface area contributed by atoms with E-state index in [4.69, 9.17) is 11.6 Å². The number of aromatic nitrogens is 2. The number of thiophene rings is 1. The first kappa shape index (κ1) is 18.0. The number of amides is 1. The standard InChI is InChI=1S/C19H18ClN3O3S/c20-14-6-2-1-5-13(14)11-23-18(25)17-15(7-10-27-17)22(19(23)26)12-16(24)21-8-3-4-9-21/h1-2,5-7,10H,3-4,8-9,11-12H2. The summed E-state index contributed by atoms with van der Waals surface area (Å²) < 4.78 is 3.04. The number of halogens is 1. The Hall–Kier alpha value is -2.38. The monoisotopic (exact) mass is 403 g/mol. The summed E-state index contributed by atoms with van der Waals surface area (Å²) in [6.45, 7) is 1.46. The molecule has 140 valence electrons. The Morgan fingerprint density at radius 3 is 2.56 bits per heavy atom. The summed E-state index contributed by atoms with van der Waals surface area (Å²) in [4.78, 5) is 40.3. The van der Waals surface area contributed by atoms with E-state index in [0.29, 0.717) is 20.8 Å². The molecule has 0 radical (unpaired) electrons. The number of likely N-dealkylation sites (tertiary alicyclic amines) is 1. The van der Waals surface area contributed by atoms with E-state index < -0.39 is 5.69 Å². The summed E-state index contributed by atoms with van der Waals surface area (Å²) in [5.74, 6) is -0.0926. The Morgan fingerprint density at radius 1 is 1.07 bits per heavy atom. The molecule has 6 nitrogen and oxygen atoms in total. The second-order valence-electron chi connectivity index (χ2n) is 6.57. The van der Waals surface area contributed by atoms with Crippen molar-refractivity contribution in [3.8, 4) is 0 Å². The van der Waals surface area contributed by atoms with Crippen molar-refractivity contribution in [2.75, 3.05) is 13.1 Å². The fraction of sp³-hybridized carbons (Fsp3) is 0.316. The maximum absolute atomic E-state index is 13.1. The third-order valence-corrected chi connectivity index (χ3v) is 6.14. The average molecular weight is 404 g/mol. The van der Waals surface area contributed by atoms with Crippen LogP contribution in [0.4, 0.5) is 0 Å². The number of carbonyl (C=O) groups excluding carboxylic acids is 1. The SMILES string of the molecule is O=C(Cn1c(=O)n(Cc2ccccc2Cl)c(=O)c2sccc21)N1CCCC1. The number of carbonyl (C=O) groups is 1. The van der Waals surface area contributed by atoms with Crippen molar-refractivity contribution in [2.24, 2.45) is 0 Å². The van der Waals surface area contributed by atoms with Crippen LogP contribution < -0.4 is 11.2 Å². The summed E-state index contributed by atoms with van der Waals surface area (Å²) in [6, 6.07) is 8.84. The largest absolute Gasteiger partial charge is 0.341 e. The zero-order valence-electron chi connectivity index (χ0n) is 14.6. The molecule has 1 aliphatic rings. The van der Waals surface area contributed by atoms with Crippen LogP contribution in [0.15, 0.2) is 45.3 Å². The fourth-order valence-electron chi connectivity index (χ4n) is 3.42. The predicted molar refractivity (Wildman–Crippen MR) is 107 cm³/mol. The van der Waals surface area contributed by atoms with Gasteiger partial charge in [0.1, 0.15) is 11.2 Å². The van der Waals surface area contributed by atoms with Gasteiger partial charge in [-0.2, -0.15) is 0 Å². The Bertz CT molecular complexity index is 1130. The number of nitrogens with zero attached hydrogens (tertiary/aromatic N) is 3. The van der Waals surface area contributed by atoms with Crippen molar-refractivity contribution >= 4 is 39.1 Å². The number of hydrogen-bond donors (Lipinski definition) is 0. The minimum Gasteiger partial charge on any atom is -0.341 e. The molecule has 0 N–H and O–H groups in total. The highest BCUT2D eigenvalue weighted by atomic mass is 35.5. The smallest absolute Gasteiger partial charge is 0.332 e. The number of rotatable bonds is 4. The van der Waals surface area contributed by atoms with Crippen LogP contribution in [-0.2, 0) is 17.9 Å². The normalized spacial score (nSPS) is 14.2.